The average molecular weight is 326 g/mol. The van der Waals surface area contributed by atoms with Crippen molar-refractivity contribution >= 4 is 27.5 Å². The molecule has 0 aliphatic rings. The molecule has 1 N–H and O–H groups in total. The van der Waals surface area contributed by atoms with Gasteiger partial charge in [-0.25, -0.2) is 0 Å². The maximum atomic E-state index is 10.3. The van der Waals surface area contributed by atoms with Crippen molar-refractivity contribution in [1.29, 1.82) is 0 Å². The van der Waals surface area contributed by atoms with Gasteiger partial charge >= 0.3 is 0 Å². The molecule has 0 heterocycles. The van der Waals surface area contributed by atoms with Gasteiger partial charge in [0.05, 0.1) is 5.02 Å². The Morgan fingerprint density at radius 2 is 1.72 bits per heavy atom. The highest BCUT2D eigenvalue weighted by atomic mass is 79.9. The van der Waals surface area contributed by atoms with Crippen LogP contribution in [0.1, 0.15) is 29.7 Å². The molecule has 1 atom stereocenters. The summed E-state index contributed by atoms with van der Waals surface area (Å²) in [5, 5.41) is 10.9. The van der Waals surface area contributed by atoms with Crippen molar-refractivity contribution in [3.8, 4) is 0 Å². The van der Waals surface area contributed by atoms with Gasteiger partial charge in [-0.2, -0.15) is 0 Å². The van der Waals surface area contributed by atoms with Crippen molar-refractivity contribution in [2.45, 2.75) is 19.4 Å². The van der Waals surface area contributed by atoms with Crippen LogP contribution in [-0.4, -0.2) is 5.11 Å². The van der Waals surface area contributed by atoms with Crippen molar-refractivity contribution in [2.75, 3.05) is 0 Å². The zero-order chi connectivity index (χ0) is 13.1. The Labute approximate surface area is 121 Å². The topological polar surface area (TPSA) is 20.2 Å². The molecule has 0 aliphatic heterocycles. The summed E-state index contributed by atoms with van der Waals surface area (Å²) in [6, 6.07) is 13.5. The molecule has 2 aromatic carbocycles. The molecule has 2 rings (SSSR count). The Morgan fingerprint density at radius 3 is 2.28 bits per heavy atom. The smallest absolute Gasteiger partial charge is 0.104 e. The molecule has 18 heavy (non-hydrogen) atoms. The molecule has 0 aliphatic carbocycles. The summed E-state index contributed by atoms with van der Waals surface area (Å²) < 4.78 is 0.835. The second kappa shape index (κ2) is 5.87. The lowest BCUT2D eigenvalue weighted by Crippen LogP contribution is -1.99. The molecule has 0 saturated carbocycles. The van der Waals surface area contributed by atoms with E-state index in [-0.39, 0.29) is 0 Å². The van der Waals surface area contributed by atoms with Gasteiger partial charge in [-0.1, -0.05) is 48.9 Å². The Balaban J connectivity index is 2.28. The highest BCUT2D eigenvalue weighted by Gasteiger charge is 2.11. The van der Waals surface area contributed by atoms with E-state index in [1.807, 2.05) is 36.4 Å². The second-order valence-electron chi connectivity index (χ2n) is 4.17. The number of hydrogen-bond acceptors (Lipinski definition) is 1. The van der Waals surface area contributed by atoms with Crippen LogP contribution in [-0.2, 0) is 6.42 Å². The van der Waals surface area contributed by atoms with Crippen molar-refractivity contribution in [1.82, 2.24) is 0 Å². The van der Waals surface area contributed by atoms with Gasteiger partial charge in [0.2, 0.25) is 0 Å². The second-order valence-corrected chi connectivity index (χ2v) is 5.43. The van der Waals surface area contributed by atoms with E-state index in [1.165, 1.54) is 5.56 Å². The average Bonchev–Trinajstić information content (AvgIpc) is 2.41. The van der Waals surface area contributed by atoms with Crippen molar-refractivity contribution < 1.29 is 5.11 Å². The lowest BCUT2D eigenvalue weighted by molar-refractivity contribution is 0.220. The van der Waals surface area contributed by atoms with Gasteiger partial charge < -0.3 is 5.11 Å². The fourth-order valence-electron chi connectivity index (χ4n) is 1.81. The SMILES string of the molecule is CCc1ccc(C(O)c2ccc(Br)c(Cl)c2)cc1. The highest BCUT2D eigenvalue weighted by molar-refractivity contribution is 9.10. The Kier molecular flexibility index (Phi) is 4.44. The van der Waals surface area contributed by atoms with Crippen molar-refractivity contribution in [3.05, 3.63) is 68.7 Å². The molecule has 0 aromatic heterocycles. The molecule has 0 saturated heterocycles. The van der Waals surface area contributed by atoms with Gasteiger partial charge in [0.1, 0.15) is 6.10 Å². The summed E-state index contributed by atoms with van der Waals surface area (Å²) in [6.45, 7) is 2.11. The molecule has 0 radical (unpaired) electrons. The molecular formula is C15H14BrClO. The summed E-state index contributed by atoms with van der Waals surface area (Å²) >= 11 is 9.38. The van der Waals surface area contributed by atoms with Gasteiger partial charge in [0.25, 0.3) is 0 Å². The number of halogens is 2. The first-order valence-electron chi connectivity index (χ1n) is 5.83. The lowest BCUT2D eigenvalue weighted by atomic mass is 10.00. The van der Waals surface area contributed by atoms with Crippen LogP contribution in [0.25, 0.3) is 0 Å². The predicted octanol–water partition coefficient (Wildman–Crippen LogP) is 4.75. The molecule has 3 heteroatoms. The maximum absolute atomic E-state index is 10.3. The molecular weight excluding hydrogens is 312 g/mol. The van der Waals surface area contributed by atoms with Crippen LogP contribution in [0.3, 0.4) is 0 Å². The predicted molar refractivity (Wildman–Crippen MR) is 79.0 cm³/mol. The van der Waals surface area contributed by atoms with Gasteiger partial charge in [-0.15, -0.1) is 0 Å². The number of aliphatic hydroxyl groups is 1. The summed E-state index contributed by atoms with van der Waals surface area (Å²) in [4.78, 5) is 0. The molecule has 0 amide bonds. The molecule has 1 nitrogen and oxygen atoms in total. The van der Waals surface area contributed by atoms with E-state index in [1.54, 1.807) is 6.07 Å². The molecule has 0 fully saturated rings. The Bertz CT molecular complexity index is 537. The molecule has 0 bridgehead atoms. The zero-order valence-corrected chi connectivity index (χ0v) is 12.4. The van der Waals surface area contributed by atoms with Crippen molar-refractivity contribution in [3.63, 3.8) is 0 Å². The van der Waals surface area contributed by atoms with Crippen LogP contribution in [0, 0.1) is 0 Å². The Hall–Kier alpha value is -0.830. The van der Waals surface area contributed by atoms with E-state index in [9.17, 15) is 5.11 Å². The van der Waals surface area contributed by atoms with Gasteiger partial charge in [-0.3, -0.25) is 0 Å². The third-order valence-corrected chi connectivity index (χ3v) is 4.20. The first-order valence-corrected chi connectivity index (χ1v) is 7.00. The summed E-state index contributed by atoms with van der Waals surface area (Å²) in [7, 11) is 0. The third kappa shape index (κ3) is 2.94. The number of aliphatic hydroxyl groups excluding tert-OH is 1. The van der Waals surface area contributed by atoms with Crippen molar-refractivity contribution in [2.24, 2.45) is 0 Å². The number of aryl methyl sites for hydroxylation is 1. The van der Waals surface area contributed by atoms with Gasteiger partial charge in [0.15, 0.2) is 0 Å². The monoisotopic (exact) mass is 324 g/mol. The fraction of sp³-hybridized carbons (Fsp3) is 0.200. The van der Waals surface area contributed by atoms with E-state index in [4.69, 9.17) is 11.6 Å². The number of rotatable bonds is 3. The Morgan fingerprint density at radius 1 is 1.11 bits per heavy atom. The summed E-state index contributed by atoms with van der Waals surface area (Å²) in [5.41, 5.74) is 2.94. The summed E-state index contributed by atoms with van der Waals surface area (Å²) in [5.74, 6) is 0. The molecule has 94 valence electrons. The number of hydrogen-bond donors (Lipinski definition) is 1. The highest BCUT2D eigenvalue weighted by Crippen LogP contribution is 2.29. The summed E-state index contributed by atoms with van der Waals surface area (Å²) in [6.07, 6.45) is 0.363. The van der Waals surface area contributed by atoms with Crippen LogP contribution < -0.4 is 0 Å². The maximum Gasteiger partial charge on any atom is 0.104 e. The van der Waals surface area contributed by atoms with E-state index in [0.29, 0.717) is 5.02 Å². The zero-order valence-electron chi connectivity index (χ0n) is 10.0. The fourth-order valence-corrected chi connectivity index (χ4v) is 2.25. The van der Waals surface area contributed by atoms with E-state index in [2.05, 4.69) is 22.9 Å². The minimum Gasteiger partial charge on any atom is -0.384 e. The van der Waals surface area contributed by atoms with Crippen LogP contribution in [0.2, 0.25) is 5.02 Å². The lowest BCUT2D eigenvalue weighted by Gasteiger charge is -2.12. The van der Waals surface area contributed by atoms with Crippen LogP contribution in [0.15, 0.2) is 46.9 Å². The van der Waals surface area contributed by atoms with E-state index >= 15 is 0 Å². The standard InChI is InChI=1S/C15H14BrClO/c1-2-10-3-5-11(6-4-10)15(18)12-7-8-13(16)14(17)9-12/h3-9,15,18H,2H2,1H3. The van der Waals surface area contributed by atoms with E-state index in [0.717, 1.165) is 22.0 Å². The molecule has 0 spiro atoms. The van der Waals surface area contributed by atoms with Crippen LogP contribution >= 0.6 is 27.5 Å². The normalized spacial score (nSPS) is 12.4. The van der Waals surface area contributed by atoms with Gasteiger partial charge in [-0.05, 0) is 51.2 Å². The first kappa shape index (κ1) is 13.6. The number of benzene rings is 2. The van der Waals surface area contributed by atoms with E-state index < -0.39 is 6.10 Å². The molecule has 1 unspecified atom stereocenters. The van der Waals surface area contributed by atoms with Crippen LogP contribution in [0.4, 0.5) is 0 Å². The van der Waals surface area contributed by atoms with Gasteiger partial charge in [0, 0.05) is 4.47 Å². The largest absolute Gasteiger partial charge is 0.384 e. The minimum atomic E-state index is -0.637. The molecule has 2 aromatic rings. The quantitative estimate of drug-likeness (QED) is 0.863. The van der Waals surface area contributed by atoms with Crippen LogP contribution in [0.5, 0.6) is 0 Å². The third-order valence-electron chi connectivity index (χ3n) is 2.96. The minimum absolute atomic E-state index is 0.608. The first-order chi connectivity index (χ1) is 8.61.